The minimum absolute atomic E-state index is 0. The number of hydrogen-bond donors (Lipinski definition) is 1. The fourth-order valence-electron chi connectivity index (χ4n) is 3.76. The molecule has 2 aromatic rings. The van der Waals surface area contributed by atoms with Crippen molar-refractivity contribution in [1.82, 2.24) is 15.1 Å². The van der Waals surface area contributed by atoms with Gasteiger partial charge in [-0.3, -0.25) is 14.9 Å². The number of halogens is 3. The van der Waals surface area contributed by atoms with Gasteiger partial charge in [0.2, 0.25) is 5.91 Å². The zero-order valence-corrected chi connectivity index (χ0v) is 17.0. The highest BCUT2D eigenvalue weighted by Crippen LogP contribution is 2.32. The molecule has 0 radical (unpaired) electrons. The predicted molar refractivity (Wildman–Crippen MR) is 108 cm³/mol. The maximum absolute atomic E-state index is 13.3. The quantitative estimate of drug-likeness (QED) is 0.798. The molecule has 1 aromatic carbocycles. The third kappa shape index (κ3) is 3.86. The van der Waals surface area contributed by atoms with Crippen LogP contribution < -0.4 is 5.32 Å². The van der Waals surface area contributed by atoms with Gasteiger partial charge in [-0.15, -0.1) is 23.7 Å². The Morgan fingerprint density at radius 3 is 2.39 bits per heavy atom. The highest BCUT2D eigenvalue weighted by molar-refractivity contribution is 7.21. The number of hydrogen-bond acceptors (Lipinski definition) is 4. The standard InChI is InChI=1S/C19H21F2N3O2S.ClH/c1-12-13-4-2-3-5-15(13)27-16(12)18(26)24-8-6-23(7-9-24)17(25)14-10-19(20,21)11-22-14;/h2-5,14,22H,6-11H2,1H3;1H. The summed E-state index contributed by atoms with van der Waals surface area (Å²) in [6.07, 6.45) is -0.452. The summed E-state index contributed by atoms with van der Waals surface area (Å²) in [5.41, 5.74) is 0.983. The number of nitrogens with zero attached hydrogens (tertiary/aromatic N) is 2. The molecule has 0 bridgehead atoms. The van der Waals surface area contributed by atoms with Crippen molar-refractivity contribution < 1.29 is 18.4 Å². The molecule has 5 nitrogen and oxygen atoms in total. The molecule has 1 atom stereocenters. The smallest absolute Gasteiger partial charge is 0.264 e. The van der Waals surface area contributed by atoms with E-state index in [2.05, 4.69) is 5.32 Å². The molecular formula is C19H22ClF2N3O2S. The number of carbonyl (C=O) groups excluding carboxylic acids is 2. The number of piperazine rings is 1. The topological polar surface area (TPSA) is 52.7 Å². The van der Waals surface area contributed by atoms with Crippen molar-refractivity contribution >= 4 is 45.6 Å². The van der Waals surface area contributed by atoms with Crippen LogP contribution >= 0.6 is 23.7 Å². The third-order valence-corrected chi connectivity index (χ3v) is 6.59. The highest BCUT2D eigenvalue weighted by Gasteiger charge is 2.44. The van der Waals surface area contributed by atoms with Gasteiger partial charge in [0.15, 0.2) is 0 Å². The first kappa shape index (κ1) is 21.0. The summed E-state index contributed by atoms with van der Waals surface area (Å²) in [6.45, 7) is 3.09. The summed E-state index contributed by atoms with van der Waals surface area (Å²) < 4.78 is 27.7. The Hall–Kier alpha value is -1.77. The second-order valence-electron chi connectivity index (χ2n) is 7.16. The normalized spacial score (nSPS) is 21.6. The zero-order chi connectivity index (χ0) is 19.2. The van der Waals surface area contributed by atoms with Crippen LogP contribution in [-0.2, 0) is 4.79 Å². The summed E-state index contributed by atoms with van der Waals surface area (Å²) in [4.78, 5) is 29.4. The van der Waals surface area contributed by atoms with E-state index in [1.54, 1.807) is 9.80 Å². The molecule has 2 fully saturated rings. The Bertz CT molecular complexity index is 896. The van der Waals surface area contributed by atoms with Gasteiger partial charge >= 0.3 is 0 Å². The fraction of sp³-hybridized carbons (Fsp3) is 0.474. The zero-order valence-electron chi connectivity index (χ0n) is 15.4. The van der Waals surface area contributed by atoms with E-state index < -0.39 is 24.9 Å². The van der Waals surface area contributed by atoms with Crippen LogP contribution in [0, 0.1) is 6.92 Å². The summed E-state index contributed by atoms with van der Waals surface area (Å²) in [5.74, 6) is -3.14. The molecule has 2 aliphatic rings. The Labute approximate surface area is 172 Å². The Morgan fingerprint density at radius 2 is 1.79 bits per heavy atom. The maximum atomic E-state index is 13.3. The van der Waals surface area contributed by atoms with Crippen molar-refractivity contribution in [2.24, 2.45) is 0 Å². The average Bonchev–Trinajstić information content (AvgIpc) is 3.20. The van der Waals surface area contributed by atoms with Gasteiger partial charge < -0.3 is 9.80 Å². The summed E-state index contributed by atoms with van der Waals surface area (Å²) in [5, 5.41) is 3.70. The highest BCUT2D eigenvalue weighted by atomic mass is 35.5. The van der Waals surface area contributed by atoms with Gasteiger partial charge in [0.05, 0.1) is 17.5 Å². The number of rotatable bonds is 2. The Kier molecular flexibility index (Phi) is 5.93. The summed E-state index contributed by atoms with van der Waals surface area (Å²) in [7, 11) is 0. The van der Waals surface area contributed by atoms with Gasteiger partial charge in [0, 0.05) is 37.3 Å². The molecule has 4 rings (SSSR count). The van der Waals surface area contributed by atoms with Crippen molar-refractivity contribution in [3.63, 3.8) is 0 Å². The van der Waals surface area contributed by atoms with Crippen LogP contribution in [0.15, 0.2) is 24.3 Å². The molecule has 9 heteroatoms. The minimum Gasteiger partial charge on any atom is -0.338 e. The largest absolute Gasteiger partial charge is 0.338 e. The van der Waals surface area contributed by atoms with E-state index in [9.17, 15) is 18.4 Å². The predicted octanol–water partition coefficient (Wildman–Crippen LogP) is 2.91. The van der Waals surface area contributed by atoms with Gasteiger partial charge in [-0.2, -0.15) is 0 Å². The minimum atomic E-state index is -2.82. The summed E-state index contributed by atoms with van der Waals surface area (Å²) in [6, 6.07) is 7.11. The van der Waals surface area contributed by atoms with Crippen LogP contribution in [0.5, 0.6) is 0 Å². The molecular weight excluding hydrogens is 408 g/mol. The number of benzene rings is 1. The van der Waals surface area contributed by atoms with Crippen LogP contribution in [-0.4, -0.2) is 66.3 Å². The number of carbonyl (C=O) groups is 2. The van der Waals surface area contributed by atoms with Crippen LogP contribution in [0.1, 0.15) is 21.7 Å². The van der Waals surface area contributed by atoms with Gasteiger partial charge in [0.25, 0.3) is 11.8 Å². The molecule has 2 saturated heterocycles. The van der Waals surface area contributed by atoms with E-state index in [1.165, 1.54) is 11.3 Å². The van der Waals surface area contributed by atoms with E-state index in [-0.39, 0.29) is 24.2 Å². The van der Waals surface area contributed by atoms with Crippen LogP contribution in [0.4, 0.5) is 8.78 Å². The molecule has 0 spiro atoms. The van der Waals surface area contributed by atoms with Crippen molar-refractivity contribution in [3.8, 4) is 0 Å². The molecule has 2 aliphatic heterocycles. The van der Waals surface area contributed by atoms with Crippen LogP contribution in [0.25, 0.3) is 10.1 Å². The van der Waals surface area contributed by atoms with Crippen LogP contribution in [0.3, 0.4) is 0 Å². The lowest BCUT2D eigenvalue weighted by molar-refractivity contribution is -0.135. The Balaban J connectivity index is 0.00000225. The van der Waals surface area contributed by atoms with E-state index in [4.69, 9.17) is 0 Å². The molecule has 1 aromatic heterocycles. The molecule has 1 N–H and O–H groups in total. The van der Waals surface area contributed by atoms with Gasteiger partial charge in [-0.1, -0.05) is 18.2 Å². The maximum Gasteiger partial charge on any atom is 0.264 e. The first-order valence-electron chi connectivity index (χ1n) is 9.03. The molecule has 28 heavy (non-hydrogen) atoms. The molecule has 1 unspecified atom stereocenters. The van der Waals surface area contributed by atoms with Crippen molar-refractivity contribution in [2.75, 3.05) is 32.7 Å². The van der Waals surface area contributed by atoms with Crippen molar-refractivity contribution in [1.29, 1.82) is 0 Å². The number of aryl methyl sites for hydroxylation is 1. The molecule has 0 aliphatic carbocycles. The SMILES string of the molecule is Cc1c(C(=O)N2CCN(C(=O)C3CC(F)(F)CN3)CC2)sc2ccccc12.Cl. The van der Waals surface area contributed by atoms with Gasteiger partial charge in [-0.05, 0) is 23.9 Å². The van der Waals surface area contributed by atoms with E-state index in [0.29, 0.717) is 26.2 Å². The van der Waals surface area contributed by atoms with Gasteiger partial charge in [0.1, 0.15) is 0 Å². The number of thiophene rings is 1. The first-order valence-corrected chi connectivity index (χ1v) is 9.85. The monoisotopic (exact) mass is 429 g/mol. The molecule has 152 valence electrons. The first-order chi connectivity index (χ1) is 12.9. The number of fused-ring (bicyclic) bond motifs is 1. The van der Waals surface area contributed by atoms with E-state index in [0.717, 1.165) is 20.5 Å². The lowest BCUT2D eigenvalue weighted by Crippen LogP contribution is -2.54. The lowest BCUT2D eigenvalue weighted by Gasteiger charge is -2.35. The lowest BCUT2D eigenvalue weighted by atomic mass is 10.1. The summed E-state index contributed by atoms with van der Waals surface area (Å²) >= 11 is 1.49. The Morgan fingerprint density at radius 1 is 1.14 bits per heavy atom. The van der Waals surface area contributed by atoms with Gasteiger partial charge in [-0.25, -0.2) is 8.78 Å². The average molecular weight is 430 g/mol. The van der Waals surface area contributed by atoms with Crippen molar-refractivity contribution in [3.05, 3.63) is 34.7 Å². The van der Waals surface area contributed by atoms with E-state index in [1.807, 2.05) is 31.2 Å². The molecule has 0 saturated carbocycles. The molecule has 2 amide bonds. The number of nitrogens with one attached hydrogen (secondary N) is 1. The number of alkyl halides is 2. The second kappa shape index (κ2) is 7.93. The number of amides is 2. The fourth-order valence-corrected chi connectivity index (χ4v) is 4.94. The van der Waals surface area contributed by atoms with Crippen LogP contribution in [0.2, 0.25) is 0 Å². The second-order valence-corrected chi connectivity index (χ2v) is 8.22. The van der Waals surface area contributed by atoms with Crippen molar-refractivity contribution in [2.45, 2.75) is 25.3 Å². The van der Waals surface area contributed by atoms with E-state index >= 15 is 0 Å². The third-order valence-electron chi connectivity index (χ3n) is 5.32. The molecule has 3 heterocycles.